The Morgan fingerprint density at radius 1 is 1.50 bits per heavy atom. The number of hydrogen-bond donors (Lipinski definition) is 0. The number of rotatable bonds is 0. The summed E-state index contributed by atoms with van der Waals surface area (Å²) in [5.74, 6) is 4.20. The van der Waals surface area contributed by atoms with Gasteiger partial charge in [0, 0.05) is 0 Å². The third-order valence-corrected chi connectivity index (χ3v) is 0. The molecule has 0 atom stereocenters. The van der Waals surface area contributed by atoms with Crippen molar-refractivity contribution in [1.82, 2.24) is 0 Å². The van der Waals surface area contributed by atoms with Crippen LogP contribution in [0.3, 0.4) is 0 Å². The van der Waals surface area contributed by atoms with Gasteiger partial charge in [-0.1, -0.05) is 0 Å². The third kappa shape index (κ3) is 13.7. The Hall–Kier alpha value is 0.833. The minimum atomic E-state index is -0.861. The molecule has 0 aromatic carbocycles. The van der Waals surface area contributed by atoms with Crippen LogP contribution in [0.15, 0.2) is 0 Å². The second kappa shape index (κ2) is 2.09. The summed E-state index contributed by atoms with van der Waals surface area (Å²) in [6.45, 7) is 0. The predicted octanol–water partition coefficient (Wildman–Crippen LogP) is 1.48. The fraction of sp³-hybridized carbons (Fsp3) is 1.00. The van der Waals surface area contributed by atoms with Crippen LogP contribution in [0.4, 0.5) is 0 Å². The maximum absolute atomic E-state index is 5.44. The van der Waals surface area contributed by atoms with E-state index >= 15 is 0 Å². The average Bonchev–Trinajstić information content (AvgIpc) is 0.811. The zero-order valence-corrected chi connectivity index (χ0v) is 5.73. The zero-order chi connectivity index (χ0) is 3.58. The van der Waals surface area contributed by atoms with Gasteiger partial charge in [0.15, 0.2) is 0 Å². The fourth-order valence-electron chi connectivity index (χ4n) is 0. The molecular formula is C2H6ClGe. The first-order valence-electron chi connectivity index (χ1n) is 1.19. The first-order valence-corrected chi connectivity index (χ1v) is 8.14. The summed E-state index contributed by atoms with van der Waals surface area (Å²) in [4.78, 5) is 0. The predicted molar refractivity (Wildman–Crippen MR) is 23.3 cm³/mol. The molecule has 0 N–H and O–H groups in total. The maximum atomic E-state index is 5.44. The molecule has 0 saturated carbocycles. The molecule has 0 saturated heterocycles. The standard InChI is InChI=1S/C2H6ClGe/c1-4(2)3/h1-2H3. The average molecular weight is 138 g/mol. The first-order chi connectivity index (χ1) is 1.73. The van der Waals surface area contributed by atoms with Crippen LogP contribution in [0.2, 0.25) is 11.5 Å². The van der Waals surface area contributed by atoms with Crippen LogP contribution in [0.5, 0.6) is 0 Å². The summed E-state index contributed by atoms with van der Waals surface area (Å²) >= 11 is -0.861. The van der Waals surface area contributed by atoms with Crippen molar-refractivity contribution in [2.24, 2.45) is 0 Å². The quantitative estimate of drug-likeness (QED) is 0.445. The monoisotopic (exact) mass is 139 g/mol. The third-order valence-electron chi connectivity index (χ3n) is 0. The van der Waals surface area contributed by atoms with Crippen molar-refractivity contribution < 1.29 is 0 Å². The summed E-state index contributed by atoms with van der Waals surface area (Å²) < 4.78 is 0. The van der Waals surface area contributed by atoms with Crippen molar-refractivity contribution >= 4 is 23.4 Å². The van der Waals surface area contributed by atoms with E-state index in [4.69, 9.17) is 10.0 Å². The van der Waals surface area contributed by atoms with Gasteiger partial charge in [-0.3, -0.25) is 0 Å². The summed E-state index contributed by atoms with van der Waals surface area (Å²) in [7, 11) is 5.44. The van der Waals surface area contributed by atoms with Gasteiger partial charge in [0.2, 0.25) is 0 Å². The Kier molecular flexibility index (Phi) is 2.53. The first kappa shape index (κ1) is 4.83. The van der Waals surface area contributed by atoms with E-state index in [1.165, 1.54) is 0 Å². The second-order valence-electron chi connectivity index (χ2n) is 0.878. The summed E-state index contributed by atoms with van der Waals surface area (Å²) in [5.41, 5.74) is 0. The molecule has 0 aliphatic heterocycles. The molecule has 0 unspecified atom stereocenters. The Bertz CT molecular complexity index is 10.8. The molecule has 0 fully saturated rings. The van der Waals surface area contributed by atoms with E-state index in [0.29, 0.717) is 0 Å². The van der Waals surface area contributed by atoms with Gasteiger partial charge in [0.05, 0.1) is 0 Å². The molecule has 0 spiro atoms. The van der Waals surface area contributed by atoms with Gasteiger partial charge in [-0.25, -0.2) is 0 Å². The Labute approximate surface area is 35.4 Å². The van der Waals surface area contributed by atoms with E-state index < -0.39 is 13.4 Å². The van der Waals surface area contributed by atoms with Crippen LogP contribution in [-0.2, 0) is 0 Å². The van der Waals surface area contributed by atoms with Gasteiger partial charge < -0.3 is 0 Å². The molecule has 0 aromatic heterocycles. The Morgan fingerprint density at radius 2 is 1.50 bits per heavy atom. The normalized spacial score (nSPS) is 9.00. The van der Waals surface area contributed by atoms with Crippen molar-refractivity contribution in [3.05, 3.63) is 0 Å². The molecule has 0 amide bonds. The molecule has 1 radical (unpaired) electrons. The second-order valence-corrected chi connectivity index (χ2v) is 8.49. The van der Waals surface area contributed by atoms with Crippen LogP contribution in [0.25, 0.3) is 0 Å². The van der Waals surface area contributed by atoms with E-state index in [0.717, 1.165) is 0 Å². The molecule has 0 bridgehead atoms. The van der Waals surface area contributed by atoms with Gasteiger partial charge in [0.1, 0.15) is 0 Å². The fourth-order valence-corrected chi connectivity index (χ4v) is 0. The van der Waals surface area contributed by atoms with Crippen LogP contribution in [-0.4, -0.2) is 13.4 Å². The van der Waals surface area contributed by atoms with Crippen molar-refractivity contribution in [2.45, 2.75) is 11.5 Å². The van der Waals surface area contributed by atoms with Crippen molar-refractivity contribution in [3.63, 3.8) is 0 Å². The van der Waals surface area contributed by atoms with Gasteiger partial charge in [0.25, 0.3) is 0 Å². The number of halogens is 1. The summed E-state index contributed by atoms with van der Waals surface area (Å²) in [6, 6.07) is 0. The minimum absolute atomic E-state index is 0.861. The summed E-state index contributed by atoms with van der Waals surface area (Å²) in [5, 5.41) is 0. The molecular weight excluding hydrogens is 132 g/mol. The van der Waals surface area contributed by atoms with E-state index in [1.54, 1.807) is 0 Å². The van der Waals surface area contributed by atoms with Crippen molar-refractivity contribution in [3.8, 4) is 0 Å². The van der Waals surface area contributed by atoms with E-state index in [1.807, 2.05) is 0 Å². The number of hydrogen-bond acceptors (Lipinski definition) is 0. The van der Waals surface area contributed by atoms with E-state index in [2.05, 4.69) is 11.5 Å². The summed E-state index contributed by atoms with van der Waals surface area (Å²) in [6.07, 6.45) is 0. The molecule has 0 aliphatic rings. The van der Waals surface area contributed by atoms with Gasteiger partial charge in [-0.2, -0.15) is 0 Å². The van der Waals surface area contributed by atoms with Crippen LogP contribution in [0.1, 0.15) is 0 Å². The molecule has 0 aromatic rings. The molecule has 4 heavy (non-hydrogen) atoms. The molecule has 0 aliphatic carbocycles. The molecule has 0 rings (SSSR count). The van der Waals surface area contributed by atoms with E-state index in [9.17, 15) is 0 Å². The van der Waals surface area contributed by atoms with E-state index in [-0.39, 0.29) is 0 Å². The Morgan fingerprint density at radius 3 is 1.50 bits per heavy atom. The van der Waals surface area contributed by atoms with Crippen molar-refractivity contribution in [2.75, 3.05) is 0 Å². The molecule has 0 nitrogen and oxygen atoms in total. The van der Waals surface area contributed by atoms with Crippen LogP contribution < -0.4 is 0 Å². The molecule has 2 heteroatoms. The van der Waals surface area contributed by atoms with Crippen molar-refractivity contribution in [1.29, 1.82) is 0 Å². The molecule has 25 valence electrons. The Balaban J connectivity index is 2.32. The van der Waals surface area contributed by atoms with Crippen LogP contribution >= 0.6 is 10.0 Å². The van der Waals surface area contributed by atoms with Gasteiger partial charge in [-0.05, 0) is 0 Å². The topological polar surface area (TPSA) is 0 Å². The molecule has 0 heterocycles. The zero-order valence-electron chi connectivity index (χ0n) is 2.88. The van der Waals surface area contributed by atoms with Crippen LogP contribution in [0, 0.1) is 0 Å². The SMILES string of the molecule is [CH3][Ge]([CH3])[Cl]. The van der Waals surface area contributed by atoms with Gasteiger partial charge in [-0.15, -0.1) is 0 Å². The van der Waals surface area contributed by atoms with Gasteiger partial charge >= 0.3 is 34.9 Å².